The molecule has 0 spiro atoms. The molecular formula is C18H30N2O5S. The van der Waals surface area contributed by atoms with E-state index in [0.717, 1.165) is 19.5 Å². The lowest BCUT2D eigenvalue weighted by molar-refractivity contribution is 0.0357. The van der Waals surface area contributed by atoms with Crippen LogP contribution in [0.1, 0.15) is 13.3 Å². The van der Waals surface area contributed by atoms with Gasteiger partial charge in [0.1, 0.15) is 5.75 Å². The van der Waals surface area contributed by atoms with E-state index in [0.29, 0.717) is 51.8 Å². The zero-order valence-electron chi connectivity index (χ0n) is 15.7. The quantitative estimate of drug-likeness (QED) is 0.573. The minimum Gasteiger partial charge on any atom is -0.494 e. The van der Waals surface area contributed by atoms with Crippen molar-refractivity contribution in [3.8, 4) is 5.75 Å². The van der Waals surface area contributed by atoms with Crippen molar-refractivity contribution in [1.82, 2.24) is 9.21 Å². The number of hydrogen-bond donors (Lipinski definition) is 0. The molecule has 1 aliphatic rings. The molecule has 0 amide bonds. The molecule has 1 aromatic carbocycles. The second-order valence-electron chi connectivity index (χ2n) is 6.17. The molecule has 1 fully saturated rings. The summed E-state index contributed by atoms with van der Waals surface area (Å²) in [6.45, 7) is 7.52. The van der Waals surface area contributed by atoms with Gasteiger partial charge in [-0.05, 0) is 30.7 Å². The highest BCUT2D eigenvalue weighted by molar-refractivity contribution is 7.89. The molecule has 0 atom stereocenters. The SMILES string of the molecule is CCCOc1ccc(S(=O)(=O)N(CCOC)CCN2CCOCC2)cc1. The van der Waals surface area contributed by atoms with Gasteiger partial charge in [0.2, 0.25) is 10.0 Å². The molecule has 8 heteroatoms. The van der Waals surface area contributed by atoms with E-state index in [1.165, 1.54) is 4.31 Å². The van der Waals surface area contributed by atoms with Crippen LogP contribution in [-0.2, 0) is 19.5 Å². The van der Waals surface area contributed by atoms with E-state index in [9.17, 15) is 8.42 Å². The highest BCUT2D eigenvalue weighted by Crippen LogP contribution is 2.20. The second kappa shape index (κ2) is 10.8. The van der Waals surface area contributed by atoms with Gasteiger partial charge in [-0.2, -0.15) is 4.31 Å². The molecule has 148 valence electrons. The van der Waals surface area contributed by atoms with E-state index < -0.39 is 10.0 Å². The van der Waals surface area contributed by atoms with Crippen molar-refractivity contribution >= 4 is 10.0 Å². The number of nitrogens with zero attached hydrogens (tertiary/aromatic N) is 2. The van der Waals surface area contributed by atoms with E-state index in [2.05, 4.69) is 4.90 Å². The minimum absolute atomic E-state index is 0.277. The smallest absolute Gasteiger partial charge is 0.243 e. The molecule has 0 unspecified atom stereocenters. The van der Waals surface area contributed by atoms with Gasteiger partial charge in [0.05, 0.1) is 31.3 Å². The fraction of sp³-hybridized carbons (Fsp3) is 0.667. The maximum Gasteiger partial charge on any atom is 0.243 e. The minimum atomic E-state index is -3.57. The van der Waals surface area contributed by atoms with Crippen molar-refractivity contribution in [1.29, 1.82) is 0 Å². The molecule has 0 radical (unpaired) electrons. The Labute approximate surface area is 156 Å². The second-order valence-corrected chi connectivity index (χ2v) is 8.11. The fourth-order valence-electron chi connectivity index (χ4n) is 2.70. The van der Waals surface area contributed by atoms with Gasteiger partial charge in [-0.25, -0.2) is 8.42 Å². The monoisotopic (exact) mass is 386 g/mol. The maximum absolute atomic E-state index is 13.0. The molecule has 0 aliphatic carbocycles. The number of morpholine rings is 1. The number of hydrogen-bond acceptors (Lipinski definition) is 6. The van der Waals surface area contributed by atoms with Crippen molar-refractivity contribution in [2.75, 3.05) is 66.3 Å². The third-order valence-corrected chi connectivity index (χ3v) is 6.16. The van der Waals surface area contributed by atoms with E-state index in [4.69, 9.17) is 14.2 Å². The number of ether oxygens (including phenoxy) is 3. The first-order valence-corrected chi connectivity index (χ1v) is 10.5. The standard InChI is InChI=1S/C18H30N2O5S/c1-3-13-25-17-4-6-18(7-5-17)26(21,22)20(12-14-23-2)9-8-19-10-15-24-16-11-19/h4-7H,3,8-16H2,1-2H3. The molecule has 1 aliphatic heterocycles. The Bertz CT molecular complexity index is 615. The zero-order valence-corrected chi connectivity index (χ0v) is 16.5. The third kappa shape index (κ3) is 6.21. The summed E-state index contributed by atoms with van der Waals surface area (Å²) < 4.78 is 43.5. The topological polar surface area (TPSA) is 68.3 Å². The summed E-state index contributed by atoms with van der Waals surface area (Å²) in [7, 11) is -2.00. The predicted molar refractivity (Wildman–Crippen MR) is 100 cm³/mol. The number of rotatable bonds is 11. The van der Waals surface area contributed by atoms with Gasteiger partial charge in [-0.3, -0.25) is 4.90 Å². The Kier molecular flexibility index (Phi) is 8.80. The van der Waals surface area contributed by atoms with Gasteiger partial charge in [0, 0.05) is 39.8 Å². The average molecular weight is 387 g/mol. The summed E-state index contributed by atoms with van der Waals surface area (Å²) in [5.74, 6) is 0.683. The van der Waals surface area contributed by atoms with Crippen LogP contribution in [0, 0.1) is 0 Å². The van der Waals surface area contributed by atoms with Crippen LogP contribution >= 0.6 is 0 Å². The summed E-state index contributed by atoms with van der Waals surface area (Å²) in [6.07, 6.45) is 0.909. The van der Waals surface area contributed by atoms with Gasteiger partial charge in [0.15, 0.2) is 0 Å². The first-order chi connectivity index (χ1) is 12.6. The molecule has 2 rings (SSSR count). The maximum atomic E-state index is 13.0. The van der Waals surface area contributed by atoms with E-state index in [-0.39, 0.29) is 4.90 Å². The zero-order chi connectivity index (χ0) is 18.8. The van der Waals surface area contributed by atoms with E-state index in [1.807, 2.05) is 6.92 Å². The highest BCUT2D eigenvalue weighted by atomic mass is 32.2. The molecule has 0 aromatic heterocycles. The van der Waals surface area contributed by atoms with Crippen LogP contribution in [-0.4, -0.2) is 83.9 Å². The first-order valence-electron chi connectivity index (χ1n) is 9.10. The number of sulfonamides is 1. The predicted octanol–water partition coefficient (Wildman–Crippen LogP) is 1.44. The number of benzene rings is 1. The van der Waals surface area contributed by atoms with Crippen LogP contribution in [0.5, 0.6) is 5.75 Å². The highest BCUT2D eigenvalue weighted by Gasteiger charge is 2.25. The Morgan fingerprint density at radius 2 is 1.81 bits per heavy atom. The Hall–Kier alpha value is -1.19. The lowest BCUT2D eigenvalue weighted by Crippen LogP contribution is -2.43. The lowest BCUT2D eigenvalue weighted by Gasteiger charge is -2.29. The van der Waals surface area contributed by atoms with Gasteiger partial charge in [-0.1, -0.05) is 6.92 Å². The average Bonchev–Trinajstić information content (AvgIpc) is 2.67. The van der Waals surface area contributed by atoms with Crippen molar-refractivity contribution in [3.63, 3.8) is 0 Å². The summed E-state index contributed by atoms with van der Waals surface area (Å²) in [4.78, 5) is 2.50. The van der Waals surface area contributed by atoms with Crippen LogP contribution in [0.2, 0.25) is 0 Å². The Morgan fingerprint density at radius 1 is 1.12 bits per heavy atom. The summed E-state index contributed by atoms with van der Waals surface area (Å²) >= 11 is 0. The van der Waals surface area contributed by atoms with Gasteiger partial charge in [0.25, 0.3) is 0 Å². The molecule has 0 N–H and O–H groups in total. The molecule has 0 bridgehead atoms. The Morgan fingerprint density at radius 3 is 2.42 bits per heavy atom. The van der Waals surface area contributed by atoms with Gasteiger partial charge >= 0.3 is 0 Å². The largest absolute Gasteiger partial charge is 0.494 e. The van der Waals surface area contributed by atoms with Crippen LogP contribution in [0.4, 0.5) is 0 Å². The molecule has 1 aromatic rings. The molecule has 7 nitrogen and oxygen atoms in total. The fourth-order valence-corrected chi connectivity index (χ4v) is 4.11. The molecule has 1 heterocycles. The summed E-state index contributed by atoms with van der Waals surface area (Å²) in [6, 6.07) is 6.63. The van der Waals surface area contributed by atoms with E-state index >= 15 is 0 Å². The van der Waals surface area contributed by atoms with Crippen LogP contribution in [0.15, 0.2) is 29.2 Å². The van der Waals surface area contributed by atoms with Crippen molar-refractivity contribution in [3.05, 3.63) is 24.3 Å². The van der Waals surface area contributed by atoms with Crippen molar-refractivity contribution in [2.24, 2.45) is 0 Å². The van der Waals surface area contributed by atoms with Crippen molar-refractivity contribution in [2.45, 2.75) is 18.2 Å². The molecule has 1 saturated heterocycles. The van der Waals surface area contributed by atoms with Gasteiger partial charge in [-0.15, -0.1) is 0 Å². The van der Waals surface area contributed by atoms with Crippen LogP contribution < -0.4 is 4.74 Å². The Balaban J connectivity index is 2.05. The van der Waals surface area contributed by atoms with E-state index in [1.54, 1.807) is 31.4 Å². The molecule has 0 saturated carbocycles. The molecular weight excluding hydrogens is 356 g/mol. The third-order valence-electron chi connectivity index (χ3n) is 4.25. The van der Waals surface area contributed by atoms with Gasteiger partial charge < -0.3 is 14.2 Å². The first kappa shape index (κ1) is 21.1. The molecule has 26 heavy (non-hydrogen) atoms. The lowest BCUT2D eigenvalue weighted by atomic mass is 10.3. The van der Waals surface area contributed by atoms with Crippen LogP contribution in [0.3, 0.4) is 0 Å². The number of methoxy groups -OCH3 is 1. The van der Waals surface area contributed by atoms with Crippen LogP contribution in [0.25, 0.3) is 0 Å². The summed E-state index contributed by atoms with van der Waals surface area (Å²) in [5, 5.41) is 0. The summed E-state index contributed by atoms with van der Waals surface area (Å²) in [5.41, 5.74) is 0. The normalized spacial score (nSPS) is 16.1. The van der Waals surface area contributed by atoms with Crippen molar-refractivity contribution < 1.29 is 22.6 Å².